The van der Waals surface area contributed by atoms with E-state index in [1.165, 1.54) is 0 Å². The molecule has 0 amide bonds. The molecule has 0 aliphatic heterocycles. The zero-order valence-electron chi connectivity index (χ0n) is 1.83. The van der Waals surface area contributed by atoms with Crippen LogP contribution in [0.2, 0.25) is 0 Å². The van der Waals surface area contributed by atoms with Crippen molar-refractivity contribution in [2.24, 2.45) is 0 Å². The first kappa shape index (κ1) is 8.85. The second-order valence-corrected chi connectivity index (χ2v) is 0.627. The van der Waals surface area contributed by atoms with Gasteiger partial charge in [-0.1, -0.05) is 0 Å². The Bertz CT molecular complexity index is 6.00. The molecule has 0 nitrogen and oxygen atoms in total. The normalized spacial score (nSPS) is 4.50. The van der Waals surface area contributed by atoms with Gasteiger partial charge in [-0.25, -0.2) is 0 Å². The van der Waals surface area contributed by atoms with Gasteiger partial charge in [0.15, 0.2) is 0 Å². The summed E-state index contributed by atoms with van der Waals surface area (Å²) >= 11 is -2.92. The monoisotopic (exact) mass is 257 g/mol. The molecule has 0 aromatic heterocycles. The number of rotatable bonds is 0. The Hall–Kier alpha value is 0.847. The first-order chi connectivity index (χ1) is 1.41. The Morgan fingerprint density at radius 2 is 1.25 bits per heavy atom. The second kappa shape index (κ2) is 9.14. The molecule has 0 N–H and O–H groups in total. The minimum absolute atomic E-state index is 0. The minimum atomic E-state index is -2.92. The van der Waals surface area contributed by atoms with E-state index in [2.05, 4.69) is 0 Å². The maximum absolute atomic E-state index is 9.82. The summed E-state index contributed by atoms with van der Waals surface area (Å²) in [5, 5.41) is 0. The van der Waals surface area contributed by atoms with Crippen molar-refractivity contribution in [2.45, 2.75) is 0 Å². The maximum atomic E-state index is 9.82. The van der Waals surface area contributed by atoms with Crippen LogP contribution in [-0.4, -0.2) is 33.9 Å². The van der Waals surface area contributed by atoms with Crippen LogP contribution < -0.4 is 0 Å². The second-order valence-electron chi connectivity index (χ2n) is 0.0714. The summed E-state index contributed by atoms with van der Waals surface area (Å²) in [6.07, 6.45) is 0. The molecule has 0 spiro atoms. The average molecular weight is 256 g/mol. The van der Waals surface area contributed by atoms with Crippen LogP contribution in [0.4, 0.5) is 5.02 Å². The third-order valence-corrected chi connectivity index (χ3v) is 0. The molecule has 0 aliphatic carbocycles. The summed E-state index contributed by atoms with van der Waals surface area (Å²) in [4.78, 5) is 0. The van der Waals surface area contributed by atoms with E-state index in [1.54, 1.807) is 0 Å². The van der Waals surface area contributed by atoms with Crippen molar-refractivity contribution in [2.75, 3.05) is 0 Å². The zero-order chi connectivity index (χ0) is 2.71. The van der Waals surface area contributed by atoms with Gasteiger partial charge >= 0.3 is 30.5 Å². The van der Waals surface area contributed by atoms with Crippen LogP contribution in [-0.2, 0) is 0 Å². The van der Waals surface area contributed by atoms with Crippen LogP contribution in [0.1, 0.15) is 0 Å². The molecular formula is BF2Pb. The molecule has 0 rings (SSSR count). The van der Waals surface area contributed by atoms with Crippen molar-refractivity contribution in [3.63, 3.8) is 0 Å². The third kappa shape index (κ3) is 13.5. The Kier molecular flexibility index (Phi) is 20.2. The average Bonchev–Trinajstić information content (AvgIpc) is 0.918. The van der Waals surface area contributed by atoms with Gasteiger partial charge in [0.2, 0.25) is 0 Å². The molecule has 4 heavy (non-hydrogen) atoms. The van der Waals surface area contributed by atoms with E-state index in [1.807, 2.05) is 0 Å². The van der Waals surface area contributed by atoms with E-state index in [0.717, 1.165) is 0 Å². The van der Waals surface area contributed by atoms with Crippen LogP contribution in [0.5, 0.6) is 0 Å². The summed E-state index contributed by atoms with van der Waals surface area (Å²) in [7, 11) is 0. The fourth-order valence-corrected chi connectivity index (χ4v) is 0. The Labute approximate surface area is 39.2 Å². The Balaban J connectivity index is 0. The van der Waals surface area contributed by atoms with Crippen LogP contribution in [0.25, 0.3) is 0 Å². The van der Waals surface area contributed by atoms with Gasteiger partial charge in [-0.15, -0.1) is 0 Å². The molecule has 0 aromatic rings. The van der Waals surface area contributed by atoms with E-state index in [9.17, 15) is 5.02 Å². The fourth-order valence-electron chi connectivity index (χ4n) is 0. The van der Waals surface area contributed by atoms with Gasteiger partial charge in [-0.05, 0) is 0 Å². The molecule has 0 fully saturated rings. The molecule has 0 bridgehead atoms. The summed E-state index contributed by atoms with van der Waals surface area (Å²) in [6.45, 7) is 0. The number of hydrogen-bond acceptors (Lipinski definition) is 0. The molecule has 0 aromatic carbocycles. The number of halogens is 2. The molecule has 21 valence electrons. The SMILES string of the molecule is [B].[F][Pb][F]. The first-order valence-corrected chi connectivity index (χ1v) is 3.32. The van der Waals surface area contributed by atoms with E-state index < -0.39 is 25.5 Å². The molecule has 0 saturated carbocycles. The number of hydrogen-bond donors (Lipinski definition) is 0. The van der Waals surface area contributed by atoms with Crippen LogP contribution in [0, 0.1) is 0 Å². The predicted octanol–water partition coefficient (Wildman–Crippen LogP) is 0.0788. The van der Waals surface area contributed by atoms with Crippen molar-refractivity contribution in [1.82, 2.24) is 0 Å². The van der Waals surface area contributed by atoms with Gasteiger partial charge in [0.1, 0.15) is 0 Å². The summed E-state index contributed by atoms with van der Waals surface area (Å²) < 4.78 is 19.6. The van der Waals surface area contributed by atoms with Crippen molar-refractivity contribution in [3.05, 3.63) is 0 Å². The van der Waals surface area contributed by atoms with E-state index in [0.29, 0.717) is 0 Å². The Morgan fingerprint density at radius 3 is 1.25 bits per heavy atom. The third-order valence-electron chi connectivity index (χ3n) is 0. The van der Waals surface area contributed by atoms with E-state index in [4.69, 9.17) is 0 Å². The summed E-state index contributed by atoms with van der Waals surface area (Å²) in [5.41, 5.74) is 0. The zero-order valence-corrected chi connectivity index (χ0v) is 5.72. The molecule has 0 aliphatic rings. The standard InChI is InChI=1S/B.2FH.Pb/h;2*1H;/q;;;+2/p-2. The van der Waals surface area contributed by atoms with Crippen molar-refractivity contribution < 1.29 is 5.02 Å². The van der Waals surface area contributed by atoms with E-state index >= 15 is 0 Å². The van der Waals surface area contributed by atoms with Gasteiger partial charge in [0.05, 0.1) is 0 Å². The summed E-state index contributed by atoms with van der Waals surface area (Å²) in [5.74, 6) is 0. The van der Waals surface area contributed by atoms with Gasteiger partial charge in [-0.3, -0.25) is 0 Å². The van der Waals surface area contributed by atoms with Crippen LogP contribution in [0.15, 0.2) is 0 Å². The topological polar surface area (TPSA) is 0 Å². The predicted molar refractivity (Wildman–Crippen MR) is 13.7 cm³/mol. The molecule has 0 heterocycles. The molecule has 0 saturated heterocycles. The van der Waals surface area contributed by atoms with Gasteiger partial charge in [-0.2, -0.15) is 0 Å². The van der Waals surface area contributed by atoms with Gasteiger partial charge < -0.3 is 0 Å². The van der Waals surface area contributed by atoms with E-state index in [-0.39, 0.29) is 8.41 Å². The molecule has 5 radical (unpaired) electrons. The quantitative estimate of drug-likeness (QED) is 0.538. The molecule has 4 heteroatoms. The molecule has 0 unspecified atom stereocenters. The molecule has 0 atom stereocenters. The van der Waals surface area contributed by atoms with Crippen molar-refractivity contribution in [1.29, 1.82) is 0 Å². The van der Waals surface area contributed by atoms with Crippen molar-refractivity contribution in [3.8, 4) is 0 Å². The fraction of sp³-hybridized carbons (Fsp3) is 0. The van der Waals surface area contributed by atoms with Gasteiger partial charge in [0.25, 0.3) is 0 Å². The van der Waals surface area contributed by atoms with Crippen molar-refractivity contribution >= 4 is 33.9 Å². The van der Waals surface area contributed by atoms with Crippen LogP contribution >= 0.6 is 0 Å². The Morgan fingerprint density at radius 1 is 1.25 bits per heavy atom. The van der Waals surface area contributed by atoms with Gasteiger partial charge in [0, 0.05) is 8.41 Å². The summed E-state index contributed by atoms with van der Waals surface area (Å²) in [6, 6.07) is 0. The van der Waals surface area contributed by atoms with Crippen LogP contribution in [0.3, 0.4) is 0 Å². The molecular weight excluding hydrogens is 256 g/mol. The first-order valence-electron chi connectivity index (χ1n) is 0.378.